The van der Waals surface area contributed by atoms with Gasteiger partial charge in [0.2, 0.25) is 0 Å². The Bertz CT molecular complexity index is 2830. The van der Waals surface area contributed by atoms with Crippen LogP contribution >= 0.6 is 0 Å². The zero-order chi connectivity index (χ0) is 41.4. The number of hydrogen-bond acceptors (Lipinski definition) is 3. The average Bonchev–Trinajstić information content (AvgIpc) is 3.28. The fraction of sp³-hybridized carbons (Fsp3) is 0.109. The molecule has 0 unspecified atom stereocenters. The topological polar surface area (TPSA) is 38.7 Å². The molecule has 9 rings (SSSR count). The minimum Gasteiger partial charge on any atom is -0.208 e. The summed E-state index contributed by atoms with van der Waals surface area (Å²) in [5.41, 5.74) is 12.2. The van der Waals surface area contributed by atoms with Crippen LogP contribution in [-0.4, -0.2) is 31.1 Å². The molecule has 0 spiro atoms. The molecule has 5 heteroatoms. The predicted octanol–water partition coefficient (Wildman–Crippen LogP) is 13.8. The fourth-order valence-corrected chi connectivity index (χ4v) is 10.2. The number of fused-ring (bicyclic) bond motifs is 1. The smallest absolute Gasteiger partial charge is 0.164 e. The van der Waals surface area contributed by atoms with Gasteiger partial charge in [-0.15, -0.1) is 0 Å². The molecule has 0 bridgehead atoms. The second-order valence-corrected chi connectivity index (χ2v) is 28.0. The summed E-state index contributed by atoms with van der Waals surface area (Å²) in [7, 11) is -2.75. The first-order valence-corrected chi connectivity index (χ1v) is 27.8. The lowest BCUT2D eigenvalue weighted by Crippen LogP contribution is -2.37. The lowest BCUT2D eigenvalue weighted by molar-refractivity contribution is 1.07. The minimum atomic E-state index is -1.38. The van der Waals surface area contributed by atoms with E-state index >= 15 is 0 Å². The monoisotopic (exact) mass is 807 g/mol. The van der Waals surface area contributed by atoms with Crippen LogP contribution in [0.5, 0.6) is 0 Å². The summed E-state index contributed by atoms with van der Waals surface area (Å²) in [4.78, 5) is 15.4. The molecular weight excluding hydrogens is 759 g/mol. The van der Waals surface area contributed by atoms with E-state index in [0.717, 1.165) is 27.8 Å². The molecule has 0 radical (unpaired) electrons. The van der Waals surface area contributed by atoms with Crippen molar-refractivity contribution in [2.24, 2.45) is 0 Å². The van der Waals surface area contributed by atoms with Gasteiger partial charge in [-0.3, -0.25) is 0 Å². The second kappa shape index (κ2) is 15.9. The third kappa shape index (κ3) is 8.19. The number of benzene rings is 8. The van der Waals surface area contributed by atoms with E-state index in [0.29, 0.717) is 17.5 Å². The van der Waals surface area contributed by atoms with E-state index in [4.69, 9.17) is 15.0 Å². The second-order valence-electron chi connectivity index (χ2n) is 17.8. The highest BCUT2D eigenvalue weighted by Gasteiger charge is 2.18. The lowest BCUT2D eigenvalue weighted by Gasteiger charge is -2.17. The van der Waals surface area contributed by atoms with Crippen LogP contribution in [0.15, 0.2) is 188 Å². The third-order valence-electron chi connectivity index (χ3n) is 11.5. The van der Waals surface area contributed by atoms with Gasteiger partial charge in [0.15, 0.2) is 17.5 Å². The highest BCUT2D eigenvalue weighted by Crippen LogP contribution is 2.34. The zero-order valence-corrected chi connectivity index (χ0v) is 37.2. The number of rotatable bonds is 9. The van der Waals surface area contributed by atoms with E-state index in [1.165, 1.54) is 54.5 Å². The maximum Gasteiger partial charge on any atom is 0.164 e. The Morgan fingerprint density at radius 3 is 1.12 bits per heavy atom. The van der Waals surface area contributed by atoms with E-state index in [1.54, 1.807) is 0 Å². The summed E-state index contributed by atoms with van der Waals surface area (Å²) < 4.78 is 0. The summed E-state index contributed by atoms with van der Waals surface area (Å²) in [5, 5.41) is 5.41. The molecule has 0 aliphatic heterocycles. The Morgan fingerprint density at radius 1 is 0.283 bits per heavy atom. The molecule has 0 fully saturated rings. The van der Waals surface area contributed by atoms with E-state index in [9.17, 15) is 0 Å². The van der Waals surface area contributed by atoms with Gasteiger partial charge in [0.25, 0.3) is 0 Å². The quantitative estimate of drug-likeness (QED) is 0.136. The Morgan fingerprint density at radius 2 is 0.633 bits per heavy atom. The van der Waals surface area contributed by atoms with Crippen molar-refractivity contribution in [3.05, 3.63) is 188 Å². The molecule has 1 heterocycles. The van der Waals surface area contributed by atoms with Crippen LogP contribution in [0, 0.1) is 0 Å². The fourth-order valence-electron chi connectivity index (χ4n) is 7.89. The largest absolute Gasteiger partial charge is 0.208 e. The molecule has 0 aliphatic rings. The van der Waals surface area contributed by atoms with Crippen LogP contribution in [0.25, 0.3) is 89.4 Å². The van der Waals surface area contributed by atoms with Gasteiger partial charge in [0, 0.05) is 16.7 Å². The highest BCUT2D eigenvalue weighted by molar-refractivity contribution is 6.89. The number of hydrogen-bond donors (Lipinski definition) is 0. The summed E-state index contributed by atoms with van der Waals surface area (Å²) in [6.45, 7) is 14.3. The van der Waals surface area contributed by atoms with Gasteiger partial charge < -0.3 is 0 Å². The van der Waals surface area contributed by atoms with E-state index in [1.807, 2.05) is 0 Å². The highest BCUT2D eigenvalue weighted by atomic mass is 28.3. The minimum absolute atomic E-state index is 0.638. The molecule has 0 saturated heterocycles. The van der Waals surface area contributed by atoms with Gasteiger partial charge in [0.05, 0.1) is 16.1 Å². The lowest BCUT2D eigenvalue weighted by atomic mass is 9.95. The standard InChI is InChI=1S/C55H49N3Si2/c1-59(2,3)49-32-28-40(29-33-49)38-20-24-43(25-21-38)53-56-54(44-26-22-39(23-27-44)41-30-34-50(35-31-41)60(4,5)6)58-55(57-53)48-17-10-15-46(37-48)45-14-9-16-47(36-45)52-19-11-13-42-12-7-8-18-51(42)52/h7-37H,1-6H3. The molecule has 292 valence electrons. The summed E-state index contributed by atoms with van der Waals surface area (Å²) in [6, 6.07) is 67.8. The molecule has 9 aromatic rings. The van der Waals surface area contributed by atoms with Crippen molar-refractivity contribution in [2.45, 2.75) is 39.3 Å². The van der Waals surface area contributed by atoms with Crippen molar-refractivity contribution in [1.29, 1.82) is 0 Å². The molecular formula is C55H49N3Si2. The SMILES string of the molecule is C[Si](C)(C)c1ccc(-c2ccc(-c3nc(-c4ccc(-c5ccc([Si](C)(C)C)cc5)cc4)nc(-c4cccc(-c5cccc(-c6cccc7ccccc67)c5)c4)n3)cc2)cc1. The first-order valence-electron chi connectivity index (χ1n) is 20.8. The maximum atomic E-state index is 5.15. The van der Waals surface area contributed by atoms with Gasteiger partial charge in [-0.05, 0) is 67.4 Å². The molecule has 0 atom stereocenters. The Hall–Kier alpha value is -6.54. The average molecular weight is 808 g/mol. The Kier molecular flexibility index (Phi) is 10.3. The van der Waals surface area contributed by atoms with Crippen LogP contribution < -0.4 is 10.4 Å². The molecule has 0 saturated carbocycles. The Balaban J connectivity index is 1.09. The molecule has 0 N–H and O–H groups in total. The molecule has 0 amide bonds. The molecule has 60 heavy (non-hydrogen) atoms. The van der Waals surface area contributed by atoms with Crippen molar-refractivity contribution < 1.29 is 0 Å². The van der Waals surface area contributed by atoms with E-state index in [-0.39, 0.29) is 0 Å². The summed E-state index contributed by atoms with van der Waals surface area (Å²) in [6.07, 6.45) is 0. The van der Waals surface area contributed by atoms with E-state index in [2.05, 4.69) is 227 Å². The van der Waals surface area contributed by atoms with Crippen LogP contribution in [0.4, 0.5) is 0 Å². The number of aromatic nitrogens is 3. The van der Waals surface area contributed by atoms with Gasteiger partial charge >= 0.3 is 0 Å². The van der Waals surface area contributed by atoms with Crippen molar-refractivity contribution in [2.75, 3.05) is 0 Å². The van der Waals surface area contributed by atoms with Gasteiger partial charge in [-0.1, -0.05) is 226 Å². The normalized spacial score (nSPS) is 11.8. The number of nitrogens with zero attached hydrogens (tertiary/aromatic N) is 3. The maximum absolute atomic E-state index is 5.15. The van der Waals surface area contributed by atoms with Gasteiger partial charge in [-0.2, -0.15) is 0 Å². The first-order chi connectivity index (χ1) is 29.0. The van der Waals surface area contributed by atoms with Crippen LogP contribution in [0.3, 0.4) is 0 Å². The van der Waals surface area contributed by atoms with Gasteiger partial charge in [-0.25, -0.2) is 15.0 Å². The Labute approximate surface area is 356 Å². The predicted molar refractivity (Wildman–Crippen MR) is 261 cm³/mol. The van der Waals surface area contributed by atoms with Crippen molar-refractivity contribution in [3.8, 4) is 78.7 Å². The summed E-state index contributed by atoms with van der Waals surface area (Å²) in [5.74, 6) is 1.93. The molecule has 1 aromatic heterocycles. The van der Waals surface area contributed by atoms with Crippen LogP contribution in [0.2, 0.25) is 39.3 Å². The van der Waals surface area contributed by atoms with Crippen molar-refractivity contribution in [1.82, 2.24) is 15.0 Å². The zero-order valence-electron chi connectivity index (χ0n) is 35.2. The molecule has 3 nitrogen and oxygen atoms in total. The van der Waals surface area contributed by atoms with Crippen molar-refractivity contribution in [3.63, 3.8) is 0 Å². The van der Waals surface area contributed by atoms with E-state index < -0.39 is 16.1 Å². The van der Waals surface area contributed by atoms with Gasteiger partial charge in [0.1, 0.15) is 0 Å². The van der Waals surface area contributed by atoms with Crippen LogP contribution in [-0.2, 0) is 0 Å². The van der Waals surface area contributed by atoms with Crippen LogP contribution in [0.1, 0.15) is 0 Å². The molecule has 8 aromatic carbocycles. The molecule has 0 aliphatic carbocycles. The summed E-state index contributed by atoms with van der Waals surface area (Å²) >= 11 is 0. The third-order valence-corrected chi connectivity index (χ3v) is 15.6. The first kappa shape index (κ1) is 39.0. The van der Waals surface area contributed by atoms with Crippen molar-refractivity contribution >= 4 is 37.3 Å².